The number of likely N-dealkylation sites (tertiary alicyclic amines) is 1. The van der Waals surface area contributed by atoms with Crippen LogP contribution in [0.5, 0.6) is 5.75 Å². The van der Waals surface area contributed by atoms with Crippen molar-refractivity contribution in [3.8, 4) is 5.75 Å². The second-order valence-corrected chi connectivity index (χ2v) is 7.59. The predicted molar refractivity (Wildman–Crippen MR) is 116 cm³/mol. The molecule has 0 spiro atoms. The van der Waals surface area contributed by atoms with Crippen molar-refractivity contribution in [2.45, 2.75) is 6.04 Å². The van der Waals surface area contributed by atoms with Crippen LogP contribution in [0.1, 0.15) is 17.2 Å². The molecule has 162 valence electrons. The summed E-state index contributed by atoms with van der Waals surface area (Å²) in [4.78, 5) is 29.8. The van der Waals surface area contributed by atoms with Gasteiger partial charge in [-0.2, -0.15) is 0 Å². The number of carbonyl (C=O) groups is 2. The van der Waals surface area contributed by atoms with Gasteiger partial charge in [0.05, 0.1) is 31.9 Å². The van der Waals surface area contributed by atoms with Gasteiger partial charge in [-0.05, 0) is 17.7 Å². The third-order valence-corrected chi connectivity index (χ3v) is 5.78. The second kappa shape index (κ2) is 9.32. The number of hydrogen-bond donors (Lipinski definition) is 1. The molecular weight excluding hydrogens is 396 g/mol. The second-order valence-electron chi connectivity index (χ2n) is 7.59. The molecule has 4 rings (SSSR count). The zero-order valence-electron chi connectivity index (χ0n) is 17.5. The molecule has 1 atom stereocenters. The topological polar surface area (TPSA) is 79.3 Å². The van der Waals surface area contributed by atoms with E-state index in [2.05, 4.69) is 4.90 Å². The van der Waals surface area contributed by atoms with E-state index in [1.54, 1.807) is 48.4 Å². The maximum atomic E-state index is 13.0. The maximum Gasteiger partial charge on any atom is 0.295 e. The average Bonchev–Trinajstić information content (AvgIpc) is 3.08. The number of ketones is 1. The van der Waals surface area contributed by atoms with E-state index in [4.69, 9.17) is 9.47 Å². The van der Waals surface area contributed by atoms with Crippen LogP contribution in [0, 0.1) is 0 Å². The number of ether oxygens (including phenoxy) is 2. The molecular formula is C24H26N2O5. The number of aliphatic hydroxyl groups is 1. The van der Waals surface area contributed by atoms with Gasteiger partial charge in [0.15, 0.2) is 0 Å². The SMILES string of the molecule is COc1ccc([C@@H]2C(=C(O)c3ccccc3)C(=O)C(=O)N2CCN2CCOCC2)cc1. The number of benzene rings is 2. The van der Waals surface area contributed by atoms with Gasteiger partial charge in [0, 0.05) is 31.7 Å². The Morgan fingerprint density at radius 2 is 1.71 bits per heavy atom. The summed E-state index contributed by atoms with van der Waals surface area (Å²) in [6.07, 6.45) is 0. The lowest BCUT2D eigenvalue weighted by atomic mass is 9.95. The van der Waals surface area contributed by atoms with E-state index in [1.165, 1.54) is 0 Å². The van der Waals surface area contributed by atoms with Gasteiger partial charge in [0.2, 0.25) is 0 Å². The molecule has 0 aliphatic carbocycles. The molecule has 2 heterocycles. The molecule has 0 unspecified atom stereocenters. The molecule has 2 aromatic carbocycles. The first-order valence-corrected chi connectivity index (χ1v) is 10.4. The fraction of sp³-hybridized carbons (Fsp3) is 0.333. The van der Waals surface area contributed by atoms with Crippen LogP contribution in [0.25, 0.3) is 5.76 Å². The quantitative estimate of drug-likeness (QED) is 0.438. The molecule has 0 bridgehead atoms. The first-order chi connectivity index (χ1) is 15.1. The van der Waals surface area contributed by atoms with Crippen LogP contribution in [0.2, 0.25) is 0 Å². The van der Waals surface area contributed by atoms with E-state index in [0.29, 0.717) is 37.6 Å². The van der Waals surface area contributed by atoms with Crippen molar-refractivity contribution in [2.75, 3.05) is 46.5 Å². The Morgan fingerprint density at radius 1 is 1.03 bits per heavy atom. The van der Waals surface area contributed by atoms with Crippen LogP contribution in [-0.4, -0.2) is 73.1 Å². The number of Topliss-reactive ketones (excluding diaryl/α,β-unsaturated/α-hetero) is 1. The van der Waals surface area contributed by atoms with Crippen molar-refractivity contribution in [2.24, 2.45) is 0 Å². The van der Waals surface area contributed by atoms with Gasteiger partial charge < -0.3 is 19.5 Å². The first-order valence-electron chi connectivity index (χ1n) is 10.4. The van der Waals surface area contributed by atoms with Crippen LogP contribution in [0.15, 0.2) is 60.2 Å². The average molecular weight is 422 g/mol. The molecule has 0 aromatic heterocycles. The Bertz CT molecular complexity index is 965. The summed E-state index contributed by atoms with van der Waals surface area (Å²) in [5, 5.41) is 11.0. The third kappa shape index (κ3) is 4.33. The van der Waals surface area contributed by atoms with Crippen molar-refractivity contribution >= 4 is 17.4 Å². The molecule has 2 aliphatic rings. The van der Waals surface area contributed by atoms with Crippen LogP contribution in [-0.2, 0) is 14.3 Å². The number of rotatable bonds is 6. The molecule has 2 saturated heterocycles. The van der Waals surface area contributed by atoms with E-state index in [1.807, 2.05) is 18.2 Å². The molecule has 1 N–H and O–H groups in total. The number of methoxy groups -OCH3 is 1. The molecule has 1 amide bonds. The number of morpholine rings is 1. The van der Waals surface area contributed by atoms with E-state index in [0.717, 1.165) is 18.7 Å². The van der Waals surface area contributed by atoms with Gasteiger partial charge in [0.1, 0.15) is 11.5 Å². The van der Waals surface area contributed by atoms with Crippen LogP contribution in [0.4, 0.5) is 0 Å². The minimum absolute atomic E-state index is 0.114. The van der Waals surface area contributed by atoms with E-state index >= 15 is 0 Å². The normalized spacial score (nSPS) is 21.5. The summed E-state index contributed by atoms with van der Waals surface area (Å²) in [5.41, 5.74) is 1.37. The number of amides is 1. The Balaban J connectivity index is 1.72. The summed E-state index contributed by atoms with van der Waals surface area (Å²) in [6.45, 7) is 3.92. The Kier molecular flexibility index (Phi) is 6.34. The van der Waals surface area contributed by atoms with Crippen LogP contribution >= 0.6 is 0 Å². The fourth-order valence-electron chi connectivity index (χ4n) is 4.07. The smallest absolute Gasteiger partial charge is 0.295 e. The maximum absolute atomic E-state index is 13.0. The van der Waals surface area contributed by atoms with Gasteiger partial charge in [-0.15, -0.1) is 0 Å². The Hall–Kier alpha value is -3.16. The molecule has 0 radical (unpaired) electrons. The van der Waals surface area contributed by atoms with Crippen molar-refractivity contribution in [3.05, 3.63) is 71.3 Å². The van der Waals surface area contributed by atoms with Gasteiger partial charge in [0.25, 0.3) is 11.7 Å². The van der Waals surface area contributed by atoms with Crippen LogP contribution < -0.4 is 4.74 Å². The highest BCUT2D eigenvalue weighted by atomic mass is 16.5. The lowest BCUT2D eigenvalue weighted by Crippen LogP contribution is -2.42. The lowest BCUT2D eigenvalue weighted by Gasteiger charge is -2.31. The lowest BCUT2D eigenvalue weighted by molar-refractivity contribution is -0.140. The molecule has 2 aliphatic heterocycles. The number of nitrogens with zero attached hydrogens (tertiary/aromatic N) is 2. The summed E-state index contributed by atoms with van der Waals surface area (Å²) in [5.74, 6) is -0.735. The predicted octanol–water partition coefficient (Wildman–Crippen LogP) is 2.45. The number of aliphatic hydroxyl groups excluding tert-OH is 1. The number of carbonyl (C=O) groups excluding carboxylic acids is 2. The largest absolute Gasteiger partial charge is 0.507 e. The summed E-state index contributed by atoms with van der Waals surface area (Å²) in [6, 6.07) is 15.4. The summed E-state index contributed by atoms with van der Waals surface area (Å²) in [7, 11) is 1.58. The van der Waals surface area contributed by atoms with Gasteiger partial charge >= 0.3 is 0 Å². The zero-order chi connectivity index (χ0) is 21.8. The summed E-state index contributed by atoms with van der Waals surface area (Å²) < 4.78 is 10.6. The molecule has 2 aromatic rings. The van der Waals surface area contributed by atoms with Crippen molar-refractivity contribution in [3.63, 3.8) is 0 Å². The molecule has 0 saturated carbocycles. The monoisotopic (exact) mass is 422 g/mol. The minimum atomic E-state index is -0.663. The summed E-state index contributed by atoms with van der Waals surface area (Å²) >= 11 is 0. The van der Waals surface area contributed by atoms with Crippen molar-refractivity contribution < 1.29 is 24.2 Å². The third-order valence-electron chi connectivity index (χ3n) is 5.78. The van der Waals surface area contributed by atoms with E-state index in [-0.39, 0.29) is 11.3 Å². The molecule has 2 fully saturated rings. The van der Waals surface area contributed by atoms with E-state index < -0.39 is 17.7 Å². The number of hydrogen-bond acceptors (Lipinski definition) is 6. The Morgan fingerprint density at radius 3 is 2.35 bits per heavy atom. The fourth-order valence-corrected chi connectivity index (χ4v) is 4.07. The van der Waals surface area contributed by atoms with Crippen molar-refractivity contribution in [1.82, 2.24) is 9.80 Å². The van der Waals surface area contributed by atoms with E-state index in [9.17, 15) is 14.7 Å². The molecule has 7 nitrogen and oxygen atoms in total. The molecule has 31 heavy (non-hydrogen) atoms. The minimum Gasteiger partial charge on any atom is -0.507 e. The van der Waals surface area contributed by atoms with Gasteiger partial charge in [-0.1, -0.05) is 42.5 Å². The van der Waals surface area contributed by atoms with Crippen LogP contribution in [0.3, 0.4) is 0 Å². The highest BCUT2D eigenvalue weighted by Crippen LogP contribution is 2.39. The zero-order valence-corrected chi connectivity index (χ0v) is 17.5. The van der Waals surface area contributed by atoms with Gasteiger partial charge in [-0.3, -0.25) is 14.5 Å². The Labute approximate surface area is 181 Å². The highest BCUT2D eigenvalue weighted by molar-refractivity contribution is 6.46. The van der Waals surface area contributed by atoms with Gasteiger partial charge in [-0.25, -0.2) is 0 Å². The molecule has 7 heteroatoms. The standard InChI is InChI=1S/C24H26N2O5/c1-30-19-9-7-17(8-10-19)21-20(22(27)18-5-3-2-4-6-18)23(28)24(29)26(21)12-11-25-13-15-31-16-14-25/h2-10,21,27H,11-16H2,1H3/t21-/m1/s1. The van der Waals surface area contributed by atoms with Crippen molar-refractivity contribution in [1.29, 1.82) is 0 Å². The first kappa shape index (κ1) is 21.1. The highest BCUT2D eigenvalue weighted by Gasteiger charge is 2.46.